The molecule has 0 aliphatic heterocycles. The van der Waals surface area contributed by atoms with E-state index in [-0.39, 0.29) is 5.82 Å². The summed E-state index contributed by atoms with van der Waals surface area (Å²) >= 11 is 0. The van der Waals surface area contributed by atoms with Crippen LogP contribution in [0.1, 0.15) is 40.8 Å². The molecule has 1 atom stereocenters. The van der Waals surface area contributed by atoms with Gasteiger partial charge in [-0.2, -0.15) is 0 Å². The monoisotopic (exact) mass is 285 g/mol. The summed E-state index contributed by atoms with van der Waals surface area (Å²) in [5.74, 6) is -0.159. The molecule has 2 aromatic carbocycles. The van der Waals surface area contributed by atoms with Gasteiger partial charge in [-0.25, -0.2) is 4.39 Å². The third kappa shape index (κ3) is 4.15. The molecule has 2 aromatic rings. The number of benzene rings is 2. The van der Waals surface area contributed by atoms with E-state index in [2.05, 4.69) is 44.3 Å². The Balaban J connectivity index is 1.93. The van der Waals surface area contributed by atoms with Crippen LogP contribution in [0.5, 0.6) is 0 Å². The van der Waals surface area contributed by atoms with Gasteiger partial charge in [0.1, 0.15) is 5.82 Å². The van der Waals surface area contributed by atoms with E-state index in [1.54, 1.807) is 6.07 Å². The zero-order chi connectivity index (χ0) is 15.4. The highest BCUT2D eigenvalue weighted by Gasteiger charge is 2.08. The molecule has 0 aromatic heterocycles. The van der Waals surface area contributed by atoms with Gasteiger partial charge in [0.15, 0.2) is 0 Å². The van der Waals surface area contributed by atoms with Crippen LogP contribution >= 0.6 is 0 Å². The van der Waals surface area contributed by atoms with Crippen molar-refractivity contribution in [2.24, 2.45) is 0 Å². The summed E-state index contributed by atoms with van der Waals surface area (Å²) in [5.41, 5.74) is 6.20. The molecule has 0 fully saturated rings. The summed E-state index contributed by atoms with van der Waals surface area (Å²) < 4.78 is 13.1. The number of aryl methyl sites for hydroxylation is 3. The Morgan fingerprint density at radius 3 is 2.43 bits per heavy atom. The molecular weight excluding hydrogens is 261 g/mol. The zero-order valence-electron chi connectivity index (χ0n) is 13.3. The first-order valence-corrected chi connectivity index (χ1v) is 7.53. The van der Waals surface area contributed by atoms with Crippen LogP contribution in [0, 0.1) is 26.6 Å². The van der Waals surface area contributed by atoms with Gasteiger partial charge >= 0.3 is 0 Å². The highest BCUT2D eigenvalue weighted by molar-refractivity contribution is 5.32. The molecule has 0 aliphatic rings. The molecule has 0 heterocycles. The van der Waals surface area contributed by atoms with E-state index in [4.69, 9.17) is 0 Å². The van der Waals surface area contributed by atoms with Crippen molar-refractivity contribution in [3.05, 3.63) is 70.0 Å². The highest BCUT2D eigenvalue weighted by Crippen LogP contribution is 2.18. The van der Waals surface area contributed by atoms with Crippen molar-refractivity contribution in [3.63, 3.8) is 0 Å². The van der Waals surface area contributed by atoms with Gasteiger partial charge in [-0.3, -0.25) is 0 Å². The van der Waals surface area contributed by atoms with Crippen LogP contribution in [0.25, 0.3) is 0 Å². The lowest BCUT2D eigenvalue weighted by Gasteiger charge is -2.17. The Hall–Kier alpha value is -1.67. The lowest BCUT2D eigenvalue weighted by atomic mass is 10.00. The van der Waals surface area contributed by atoms with E-state index in [0.29, 0.717) is 6.04 Å². The van der Waals surface area contributed by atoms with Crippen LogP contribution in [0.2, 0.25) is 0 Å². The Bertz CT molecular complexity index is 619. The Morgan fingerprint density at radius 2 is 1.76 bits per heavy atom. The molecule has 1 unspecified atom stereocenters. The fourth-order valence-electron chi connectivity index (χ4n) is 2.78. The Labute approximate surface area is 127 Å². The normalized spacial score (nSPS) is 12.4. The van der Waals surface area contributed by atoms with Gasteiger partial charge in [0.05, 0.1) is 0 Å². The summed E-state index contributed by atoms with van der Waals surface area (Å²) in [6.45, 7) is 9.32. The minimum absolute atomic E-state index is 0.159. The standard InChI is InChI=1S/C19H24FN/c1-13-5-8-19(15(3)11-13)16(4)21-10-9-17-6-7-18(20)12-14(17)2/h5-8,11-12,16,21H,9-10H2,1-4H3. The van der Waals surface area contributed by atoms with E-state index >= 15 is 0 Å². The average Bonchev–Trinajstić information content (AvgIpc) is 2.41. The summed E-state index contributed by atoms with van der Waals surface area (Å²) in [6.07, 6.45) is 0.918. The predicted octanol–water partition coefficient (Wildman–Crippen LogP) is 4.64. The highest BCUT2D eigenvalue weighted by atomic mass is 19.1. The van der Waals surface area contributed by atoms with Crippen molar-refractivity contribution in [1.82, 2.24) is 5.32 Å². The first-order chi connectivity index (χ1) is 9.97. The van der Waals surface area contributed by atoms with Crippen LogP contribution < -0.4 is 5.32 Å². The van der Waals surface area contributed by atoms with Crippen molar-refractivity contribution in [2.45, 2.75) is 40.2 Å². The third-order valence-electron chi connectivity index (χ3n) is 4.04. The molecule has 0 amide bonds. The second-order valence-corrected chi connectivity index (χ2v) is 5.86. The zero-order valence-corrected chi connectivity index (χ0v) is 13.3. The van der Waals surface area contributed by atoms with E-state index in [0.717, 1.165) is 18.5 Å². The summed E-state index contributed by atoms with van der Waals surface area (Å²) in [5, 5.41) is 3.56. The van der Waals surface area contributed by atoms with Crippen LogP contribution in [0.4, 0.5) is 4.39 Å². The fourth-order valence-corrected chi connectivity index (χ4v) is 2.78. The second-order valence-electron chi connectivity index (χ2n) is 5.86. The van der Waals surface area contributed by atoms with Gasteiger partial charge in [-0.05, 0) is 75.0 Å². The minimum Gasteiger partial charge on any atom is -0.310 e. The fraction of sp³-hybridized carbons (Fsp3) is 0.368. The van der Waals surface area contributed by atoms with E-state index in [1.165, 1.54) is 28.3 Å². The maximum atomic E-state index is 13.1. The largest absolute Gasteiger partial charge is 0.310 e. The van der Waals surface area contributed by atoms with Crippen molar-refractivity contribution in [3.8, 4) is 0 Å². The van der Waals surface area contributed by atoms with Gasteiger partial charge in [-0.15, -0.1) is 0 Å². The molecule has 2 heteroatoms. The van der Waals surface area contributed by atoms with E-state index < -0.39 is 0 Å². The summed E-state index contributed by atoms with van der Waals surface area (Å²) in [6, 6.07) is 11.9. The first-order valence-electron chi connectivity index (χ1n) is 7.53. The molecule has 2 rings (SSSR count). The van der Waals surface area contributed by atoms with Gasteiger partial charge in [0.25, 0.3) is 0 Å². The first kappa shape index (κ1) is 15.7. The summed E-state index contributed by atoms with van der Waals surface area (Å²) in [4.78, 5) is 0. The Kier molecular flexibility index (Phi) is 5.13. The maximum absolute atomic E-state index is 13.1. The molecule has 112 valence electrons. The van der Waals surface area contributed by atoms with Crippen molar-refractivity contribution < 1.29 is 4.39 Å². The van der Waals surface area contributed by atoms with Gasteiger partial charge < -0.3 is 5.32 Å². The van der Waals surface area contributed by atoms with Crippen molar-refractivity contribution in [1.29, 1.82) is 0 Å². The SMILES string of the molecule is Cc1ccc(C(C)NCCc2ccc(F)cc2C)c(C)c1. The topological polar surface area (TPSA) is 12.0 Å². The lowest BCUT2D eigenvalue weighted by Crippen LogP contribution is -2.22. The maximum Gasteiger partial charge on any atom is 0.123 e. The smallest absolute Gasteiger partial charge is 0.123 e. The summed E-state index contributed by atoms with van der Waals surface area (Å²) in [7, 11) is 0. The van der Waals surface area contributed by atoms with Gasteiger partial charge in [0.2, 0.25) is 0 Å². The Morgan fingerprint density at radius 1 is 1.00 bits per heavy atom. The van der Waals surface area contributed by atoms with Crippen LogP contribution in [0.15, 0.2) is 36.4 Å². The van der Waals surface area contributed by atoms with E-state index in [1.807, 2.05) is 13.0 Å². The quantitative estimate of drug-likeness (QED) is 0.843. The van der Waals surface area contributed by atoms with E-state index in [9.17, 15) is 4.39 Å². The minimum atomic E-state index is -0.159. The molecule has 0 saturated carbocycles. The number of hydrogen-bond donors (Lipinski definition) is 1. The second kappa shape index (κ2) is 6.86. The molecule has 1 nitrogen and oxygen atoms in total. The number of nitrogens with one attached hydrogen (secondary N) is 1. The molecule has 1 N–H and O–H groups in total. The molecule has 0 bridgehead atoms. The van der Waals surface area contributed by atoms with Gasteiger partial charge in [-0.1, -0.05) is 29.8 Å². The average molecular weight is 285 g/mol. The predicted molar refractivity (Wildman–Crippen MR) is 87.2 cm³/mol. The van der Waals surface area contributed by atoms with Crippen LogP contribution in [-0.4, -0.2) is 6.54 Å². The molecule has 0 spiro atoms. The number of hydrogen-bond acceptors (Lipinski definition) is 1. The van der Waals surface area contributed by atoms with Crippen molar-refractivity contribution in [2.75, 3.05) is 6.54 Å². The molecule has 0 aliphatic carbocycles. The third-order valence-corrected chi connectivity index (χ3v) is 4.04. The molecular formula is C19H24FN. The van der Waals surface area contributed by atoms with Gasteiger partial charge in [0, 0.05) is 6.04 Å². The van der Waals surface area contributed by atoms with Crippen LogP contribution in [0.3, 0.4) is 0 Å². The molecule has 0 saturated heterocycles. The molecule has 21 heavy (non-hydrogen) atoms. The van der Waals surface area contributed by atoms with Crippen LogP contribution in [-0.2, 0) is 6.42 Å². The lowest BCUT2D eigenvalue weighted by molar-refractivity contribution is 0.573. The molecule has 0 radical (unpaired) electrons. The van der Waals surface area contributed by atoms with Crippen molar-refractivity contribution >= 4 is 0 Å². The number of halogens is 1. The number of rotatable bonds is 5.